The molecule has 3 heterocycles. The van der Waals surface area contributed by atoms with Crippen LogP contribution in [0, 0.1) is 11.8 Å². The summed E-state index contributed by atoms with van der Waals surface area (Å²) in [7, 11) is 1.60. The maximum atomic E-state index is 15.5. The van der Waals surface area contributed by atoms with Crippen LogP contribution in [0.25, 0.3) is 10.9 Å². The number of likely N-dealkylation sites (tertiary alicyclic amines) is 1. The molecular formula is C27H32ClFN2O3S2. The Bertz CT molecular complexity index is 1160. The minimum atomic E-state index is -1.10. The van der Waals surface area contributed by atoms with Gasteiger partial charge in [0.25, 0.3) is 0 Å². The van der Waals surface area contributed by atoms with Gasteiger partial charge in [-0.05, 0) is 85.3 Å². The van der Waals surface area contributed by atoms with Crippen LogP contribution in [-0.2, 0) is 4.79 Å². The largest absolute Gasteiger partial charge is 0.497 e. The predicted octanol–water partition coefficient (Wildman–Crippen LogP) is 7.34. The molecule has 1 N–H and O–H groups in total. The number of thiophene rings is 1. The molecule has 1 aromatic carbocycles. The van der Waals surface area contributed by atoms with Crippen LogP contribution in [0.1, 0.15) is 43.8 Å². The highest BCUT2D eigenvalue weighted by Gasteiger charge is 2.30. The molecule has 36 heavy (non-hydrogen) atoms. The number of pyridine rings is 1. The van der Waals surface area contributed by atoms with Gasteiger partial charge in [0.1, 0.15) is 11.9 Å². The summed E-state index contributed by atoms with van der Waals surface area (Å²) in [5, 5.41) is 12.9. The van der Waals surface area contributed by atoms with E-state index in [4.69, 9.17) is 16.3 Å². The fourth-order valence-electron chi connectivity index (χ4n) is 5.09. The second-order valence-corrected chi connectivity index (χ2v) is 12.0. The number of nitrogens with zero attached hydrogens (tertiary/aromatic N) is 2. The van der Waals surface area contributed by atoms with Crippen LogP contribution in [-0.4, -0.2) is 53.5 Å². The number of aliphatic carboxylic acids is 1. The summed E-state index contributed by atoms with van der Waals surface area (Å²) in [6, 6.07) is 9.22. The van der Waals surface area contributed by atoms with E-state index in [9.17, 15) is 9.90 Å². The smallest absolute Gasteiger partial charge is 0.303 e. The molecule has 5 nitrogen and oxygen atoms in total. The molecule has 0 spiro atoms. The average Bonchev–Trinajstić information content (AvgIpc) is 3.30. The van der Waals surface area contributed by atoms with Crippen molar-refractivity contribution < 1.29 is 19.0 Å². The number of carboxylic acid groups (broad SMARTS) is 1. The first-order valence-electron chi connectivity index (χ1n) is 12.3. The van der Waals surface area contributed by atoms with Crippen molar-refractivity contribution in [2.75, 3.05) is 32.5 Å². The number of aromatic nitrogens is 1. The summed E-state index contributed by atoms with van der Waals surface area (Å²) in [4.78, 5) is 18.1. The van der Waals surface area contributed by atoms with E-state index in [1.807, 2.05) is 29.6 Å². The van der Waals surface area contributed by atoms with E-state index in [0.717, 1.165) is 58.4 Å². The predicted molar refractivity (Wildman–Crippen MR) is 146 cm³/mol. The highest BCUT2D eigenvalue weighted by molar-refractivity contribution is 8.01. The van der Waals surface area contributed by atoms with Crippen molar-refractivity contribution in [1.29, 1.82) is 0 Å². The number of hydrogen-bond acceptors (Lipinski definition) is 6. The molecule has 1 fully saturated rings. The Balaban J connectivity index is 1.36. The van der Waals surface area contributed by atoms with E-state index in [-0.39, 0.29) is 12.3 Å². The minimum absolute atomic E-state index is 0.155. The number of ether oxygens (including phenoxy) is 1. The summed E-state index contributed by atoms with van der Waals surface area (Å²) in [6.07, 6.45) is 3.46. The Hall–Kier alpha value is -1.87. The van der Waals surface area contributed by atoms with Gasteiger partial charge in [0, 0.05) is 36.8 Å². The Labute approximate surface area is 225 Å². The zero-order chi connectivity index (χ0) is 25.5. The average molecular weight is 551 g/mol. The molecule has 9 heteroatoms. The number of carboxylic acids is 1. The molecule has 0 saturated carbocycles. The molecule has 3 aromatic rings. The number of carbonyl (C=O) groups is 1. The summed E-state index contributed by atoms with van der Waals surface area (Å²) in [5.41, 5.74) is 1.40. The zero-order valence-corrected chi connectivity index (χ0v) is 22.8. The van der Waals surface area contributed by atoms with Gasteiger partial charge in [-0.2, -0.15) is 0 Å². The van der Waals surface area contributed by atoms with Crippen molar-refractivity contribution in [3.63, 3.8) is 0 Å². The van der Waals surface area contributed by atoms with Crippen molar-refractivity contribution in [2.24, 2.45) is 11.8 Å². The molecule has 1 saturated heterocycles. The van der Waals surface area contributed by atoms with E-state index in [1.165, 1.54) is 0 Å². The van der Waals surface area contributed by atoms with E-state index in [1.54, 1.807) is 42.5 Å². The van der Waals surface area contributed by atoms with Crippen LogP contribution in [0.5, 0.6) is 5.75 Å². The monoisotopic (exact) mass is 550 g/mol. The molecule has 194 valence electrons. The minimum Gasteiger partial charge on any atom is -0.497 e. The van der Waals surface area contributed by atoms with Crippen molar-refractivity contribution in [1.82, 2.24) is 9.88 Å². The van der Waals surface area contributed by atoms with Gasteiger partial charge in [-0.15, -0.1) is 23.1 Å². The van der Waals surface area contributed by atoms with Gasteiger partial charge in [0.05, 0.1) is 21.9 Å². The molecule has 0 amide bonds. The number of fused-ring (bicyclic) bond motifs is 1. The maximum absolute atomic E-state index is 15.5. The number of piperidine rings is 1. The Kier molecular flexibility index (Phi) is 9.87. The van der Waals surface area contributed by atoms with Crippen LogP contribution in [0.4, 0.5) is 4.39 Å². The van der Waals surface area contributed by atoms with Crippen LogP contribution in [0.15, 0.2) is 46.1 Å². The van der Waals surface area contributed by atoms with Gasteiger partial charge in [0.15, 0.2) is 0 Å². The first kappa shape index (κ1) is 27.2. The first-order chi connectivity index (χ1) is 17.4. The van der Waals surface area contributed by atoms with E-state index in [2.05, 4.69) is 9.88 Å². The molecule has 0 aliphatic carbocycles. The molecular weight excluding hydrogens is 519 g/mol. The standard InChI is InChI=1S/C27H32ClFN2O3S2/c1-34-20-4-6-25-22(16-20)21(8-11-30-25)24(29)5-2-18-9-12-31(17-19(18)3-7-26(32)33)13-15-36-27-23(28)10-14-35-27/h4,6,8,10-11,14,16,18-19,24H,2-3,5,7,9,12-13,15,17H2,1H3,(H,32,33)/t18-,19+,24?/m1/s1. The number of rotatable bonds is 12. The lowest BCUT2D eigenvalue weighted by Crippen LogP contribution is -2.41. The fraction of sp³-hybridized carbons (Fsp3) is 0.481. The van der Waals surface area contributed by atoms with E-state index >= 15 is 4.39 Å². The molecule has 1 aliphatic rings. The van der Waals surface area contributed by atoms with Gasteiger partial charge in [-0.1, -0.05) is 11.6 Å². The maximum Gasteiger partial charge on any atom is 0.303 e. The topological polar surface area (TPSA) is 62.7 Å². The van der Waals surface area contributed by atoms with Crippen molar-refractivity contribution >= 4 is 51.6 Å². The molecule has 0 bridgehead atoms. The van der Waals surface area contributed by atoms with Crippen molar-refractivity contribution in [2.45, 2.75) is 42.5 Å². The summed E-state index contributed by atoms with van der Waals surface area (Å²) >= 11 is 9.64. The van der Waals surface area contributed by atoms with Gasteiger partial charge >= 0.3 is 5.97 Å². The summed E-state index contributed by atoms with van der Waals surface area (Å²) < 4.78 is 22.0. The molecule has 1 aliphatic heterocycles. The Morgan fingerprint density at radius 3 is 2.94 bits per heavy atom. The molecule has 4 rings (SSSR count). The molecule has 3 atom stereocenters. The van der Waals surface area contributed by atoms with Crippen LogP contribution in [0.2, 0.25) is 5.02 Å². The van der Waals surface area contributed by atoms with Gasteiger partial charge in [0.2, 0.25) is 0 Å². The number of hydrogen-bond donors (Lipinski definition) is 1. The van der Waals surface area contributed by atoms with Crippen molar-refractivity contribution in [3.05, 3.63) is 52.5 Å². The van der Waals surface area contributed by atoms with Gasteiger partial charge in [-0.25, -0.2) is 4.39 Å². The second kappa shape index (κ2) is 13.1. The molecule has 0 radical (unpaired) electrons. The quantitative estimate of drug-likeness (QED) is 0.238. The van der Waals surface area contributed by atoms with Crippen molar-refractivity contribution in [3.8, 4) is 5.75 Å². The first-order valence-corrected chi connectivity index (χ1v) is 14.6. The Morgan fingerprint density at radius 1 is 1.33 bits per heavy atom. The number of halogens is 2. The lowest BCUT2D eigenvalue weighted by Gasteiger charge is -2.39. The van der Waals surface area contributed by atoms with Crippen LogP contribution < -0.4 is 4.74 Å². The highest BCUT2D eigenvalue weighted by atomic mass is 35.5. The molecule has 2 aromatic heterocycles. The fourth-order valence-corrected chi connectivity index (χ4v) is 7.46. The zero-order valence-electron chi connectivity index (χ0n) is 20.4. The third kappa shape index (κ3) is 7.12. The van der Waals surface area contributed by atoms with Crippen LogP contribution >= 0.6 is 34.7 Å². The number of methoxy groups -OCH3 is 1. The number of alkyl halides is 1. The lowest BCUT2D eigenvalue weighted by molar-refractivity contribution is -0.137. The number of thioether (sulfide) groups is 1. The highest BCUT2D eigenvalue weighted by Crippen LogP contribution is 2.37. The normalized spacial score (nSPS) is 19.4. The third-order valence-electron chi connectivity index (χ3n) is 7.04. The van der Waals surface area contributed by atoms with Gasteiger partial charge < -0.3 is 14.7 Å². The second-order valence-electron chi connectivity index (χ2n) is 9.27. The van der Waals surface area contributed by atoms with Gasteiger partial charge in [-0.3, -0.25) is 9.78 Å². The SMILES string of the molecule is COc1ccc2nccc(C(F)CC[C@@H]3CCN(CCSc4sccc4Cl)C[C@@H]3CCC(=O)O)c2c1. The third-order valence-corrected chi connectivity index (χ3v) is 9.80. The summed E-state index contributed by atoms with van der Waals surface area (Å²) in [6.45, 7) is 2.76. The Morgan fingerprint density at radius 2 is 2.19 bits per heavy atom. The number of benzene rings is 1. The van der Waals surface area contributed by atoms with Crippen LogP contribution in [0.3, 0.4) is 0 Å². The summed E-state index contributed by atoms with van der Waals surface area (Å²) in [5.74, 6) is 1.44. The van der Waals surface area contributed by atoms with E-state index in [0.29, 0.717) is 30.1 Å². The molecule has 1 unspecified atom stereocenters. The van der Waals surface area contributed by atoms with E-state index < -0.39 is 12.1 Å². The lowest BCUT2D eigenvalue weighted by atomic mass is 9.79.